The van der Waals surface area contributed by atoms with Gasteiger partial charge >= 0.3 is 6.18 Å². The Kier molecular flexibility index (Phi) is 6.98. The Labute approximate surface area is 244 Å². The summed E-state index contributed by atoms with van der Waals surface area (Å²) in [6, 6.07) is 15.5. The lowest BCUT2D eigenvalue weighted by Gasteiger charge is -2.48. The summed E-state index contributed by atoms with van der Waals surface area (Å²) in [6.07, 6.45) is -4.51. The summed E-state index contributed by atoms with van der Waals surface area (Å²) in [5.74, 6) is -2.63. The van der Waals surface area contributed by atoms with Crippen LogP contribution in [0.15, 0.2) is 83.9 Å². The topological polar surface area (TPSA) is 53.1 Å². The first-order valence-corrected chi connectivity index (χ1v) is 13.6. The van der Waals surface area contributed by atoms with E-state index in [2.05, 4.69) is 0 Å². The third-order valence-electron chi connectivity index (χ3n) is 8.17. The van der Waals surface area contributed by atoms with Crippen LogP contribution in [0.2, 0.25) is 0 Å². The normalized spacial score (nSPS) is 18.9. The molecule has 3 aliphatic heterocycles. The number of hydrogen-bond acceptors (Lipinski definition) is 4. The van der Waals surface area contributed by atoms with Gasteiger partial charge in [0.25, 0.3) is 5.91 Å². The second kappa shape index (κ2) is 10.6. The van der Waals surface area contributed by atoms with Gasteiger partial charge < -0.3 is 14.5 Å². The number of alkyl halides is 3. The molecule has 3 heterocycles. The van der Waals surface area contributed by atoms with Gasteiger partial charge in [-0.05, 0) is 30.7 Å². The Morgan fingerprint density at radius 1 is 0.930 bits per heavy atom. The second-order valence-electron chi connectivity index (χ2n) is 10.5. The lowest BCUT2D eigenvalue weighted by molar-refractivity contribution is -0.139. The van der Waals surface area contributed by atoms with Gasteiger partial charge in [0.1, 0.15) is 11.6 Å². The van der Waals surface area contributed by atoms with Crippen LogP contribution in [-0.2, 0) is 22.3 Å². The molecule has 1 atom stereocenters. The average molecular weight is 596 g/mol. The van der Waals surface area contributed by atoms with Gasteiger partial charge in [0.15, 0.2) is 11.6 Å². The van der Waals surface area contributed by atoms with Crippen molar-refractivity contribution in [2.24, 2.45) is 0 Å². The maximum atomic E-state index is 15.7. The first-order chi connectivity index (χ1) is 20.5. The molecule has 0 bridgehead atoms. The fourth-order valence-electron chi connectivity index (χ4n) is 6.20. The van der Waals surface area contributed by atoms with Crippen molar-refractivity contribution in [2.45, 2.75) is 38.5 Å². The Morgan fingerprint density at radius 2 is 1.65 bits per heavy atom. The maximum Gasteiger partial charge on any atom is 0.416 e. The zero-order valence-electron chi connectivity index (χ0n) is 23.2. The van der Waals surface area contributed by atoms with E-state index in [0.29, 0.717) is 5.70 Å². The first-order valence-electron chi connectivity index (χ1n) is 13.6. The third kappa shape index (κ3) is 4.63. The summed E-state index contributed by atoms with van der Waals surface area (Å²) in [7, 11) is 1.28. The van der Waals surface area contributed by atoms with Crippen molar-refractivity contribution in [3.05, 3.63) is 118 Å². The standard InChI is InChI=1S/C32H26F5N3O3/c1-18-28(20-10-6-13-26(43-2)29(20)34)31(42)39-17-25(19-8-4-3-5-9-19)40-24(14-15-27(40)41)30(39)38(18)16-21-22(32(35,36)37)11-7-12-23(21)33/h3-13,25H,14-17H2,1-2H3/t25-/m0/s1. The van der Waals surface area contributed by atoms with Gasteiger partial charge in [-0.2, -0.15) is 13.2 Å². The third-order valence-corrected chi connectivity index (χ3v) is 8.17. The SMILES string of the molecule is COc1cccc(C2=C(C)N(Cc3c(F)cccc3C(F)(F)F)C3=C4CCC(=O)N4[C@H](c4ccccc4)CN3C2=O)c1F. The van der Waals surface area contributed by atoms with Crippen molar-refractivity contribution in [2.75, 3.05) is 13.7 Å². The van der Waals surface area contributed by atoms with E-state index in [9.17, 15) is 22.8 Å². The monoisotopic (exact) mass is 595 g/mol. The molecule has 0 unspecified atom stereocenters. The number of methoxy groups -OCH3 is 1. The highest BCUT2D eigenvalue weighted by Crippen LogP contribution is 2.47. The summed E-state index contributed by atoms with van der Waals surface area (Å²) in [5, 5.41) is 0. The number of carbonyl (C=O) groups excluding carboxylic acids is 2. The highest BCUT2D eigenvalue weighted by atomic mass is 19.4. The van der Waals surface area contributed by atoms with Gasteiger partial charge in [0.05, 0.1) is 43.1 Å². The quantitative estimate of drug-likeness (QED) is 0.312. The van der Waals surface area contributed by atoms with Crippen LogP contribution in [-0.4, -0.2) is 40.2 Å². The minimum absolute atomic E-state index is 0.0459. The minimum Gasteiger partial charge on any atom is -0.494 e. The van der Waals surface area contributed by atoms with Crippen molar-refractivity contribution in [1.82, 2.24) is 14.7 Å². The van der Waals surface area contributed by atoms with Crippen molar-refractivity contribution >= 4 is 17.4 Å². The molecule has 3 aromatic carbocycles. The molecule has 6 rings (SSSR count). The summed E-state index contributed by atoms with van der Waals surface area (Å²) in [4.78, 5) is 31.9. The molecule has 3 aromatic rings. The van der Waals surface area contributed by atoms with Crippen LogP contribution in [0, 0.1) is 11.6 Å². The molecule has 1 fully saturated rings. The van der Waals surface area contributed by atoms with Crippen LogP contribution in [0.25, 0.3) is 5.57 Å². The summed E-state index contributed by atoms with van der Waals surface area (Å²) >= 11 is 0. The van der Waals surface area contributed by atoms with Crippen LogP contribution in [0.4, 0.5) is 22.0 Å². The number of benzene rings is 3. The largest absolute Gasteiger partial charge is 0.494 e. The van der Waals surface area contributed by atoms with E-state index in [-0.39, 0.29) is 53.7 Å². The van der Waals surface area contributed by atoms with E-state index in [1.54, 1.807) is 17.0 Å². The van der Waals surface area contributed by atoms with Crippen molar-refractivity contribution in [3.63, 3.8) is 0 Å². The van der Waals surface area contributed by atoms with Crippen molar-refractivity contribution < 1.29 is 36.3 Å². The van der Waals surface area contributed by atoms with Gasteiger partial charge in [0, 0.05) is 29.7 Å². The average Bonchev–Trinajstić information content (AvgIpc) is 3.37. The smallest absolute Gasteiger partial charge is 0.416 e. The molecule has 43 heavy (non-hydrogen) atoms. The molecule has 0 spiro atoms. The molecule has 0 radical (unpaired) electrons. The molecule has 0 aliphatic carbocycles. The number of hydrogen-bond donors (Lipinski definition) is 0. The lowest BCUT2D eigenvalue weighted by Crippen LogP contribution is -2.53. The van der Waals surface area contributed by atoms with E-state index in [1.807, 2.05) is 18.2 Å². The maximum absolute atomic E-state index is 15.7. The molecule has 222 valence electrons. The zero-order chi connectivity index (χ0) is 30.6. The summed E-state index contributed by atoms with van der Waals surface area (Å²) < 4.78 is 78.2. The fraction of sp³-hybridized carbons (Fsp3) is 0.250. The first kappa shape index (κ1) is 28.4. The Balaban J connectivity index is 1.61. The van der Waals surface area contributed by atoms with Gasteiger partial charge in [-0.15, -0.1) is 0 Å². The predicted octanol–water partition coefficient (Wildman–Crippen LogP) is 6.61. The van der Waals surface area contributed by atoms with Crippen LogP contribution in [0.3, 0.4) is 0 Å². The van der Waals surface area contributed by atoms with E-state index < -0.39 is 47.4 Å². The second-order valence-corrected chi connectivity index (χ2v) is 10.5. The van der Waals surface area contributed by atoms with Crippen LogP contribution < -0.4 is 4.74 Å². The van der Waals surface area contributed by atoms with Crippen LogP contribution in [0.5, 0.6) is 5.75 Å². The minimum atomic E-state index is -4.86. The fourth-order valence-corrected chi connectivity index (χ4v) is 6.20. The van der Waals surface area contributed by atoms with Crippen molar-refractivity contribution in [1.29, 1.82) is 0 Å². The molecule has 0 aromatic heterocycles. The molecular formula is C32H26F5N3O3. The molecule has 0 saturated carbocycles. The lowest BCUT2D eigenvalue weighted by atomic mass is 9.94. The van der Waals surface area contributed by atoms with Gasteiger partial charge in [0.2, 0.25) is 5.91 Å². The van der Waals surface area contributed by atoms with Gasteiger partial charge in [-0.25, -0.2) is 8.78 Å². The summed E-state index contributed by atoms with van der Waals surface area (Å²) in [6.45, 7) is 0.814. The van der Waals surface area contributed by atoms with Crippen LogP contribution >= 0.6 is 0 Å². The number of rotatable bonds is 5. The highest BCUT2D eigenvalue weighted by Gasteiger charge is 2.48. The number of allylic oxidation sites excluding steroid dienone is 2. The van der Waals surface area contributed by atoms with E-state index in [1.165, 1.54) is 42.0 Å². The van der Waals surface area contributed by atoms with Gasteiger partial charge in [-0.3, -0.25) is 14.5 Å². The molecule has 1 saturated heterocycles. The molecular weight excluding hydrogens is 569 g/mol. The van der Waals surface area contributed by atoms with E-state index in [0.717, 1.165) is 23.8 Å². The number of nitrogens with zero attached hydrogens (tertiary/aromatic N) is 3. The zero-order valence-corrected chi connectivity index (χ0v) is 23.2. The number of ether oxygens (including phenoxy) is 1. The molecule has 2 amide bonds. The van der Waals surface area contributed by atoms with Gasteiger partial charge in [-0.1, -0.05) is 48.5 Å². The molecule has 6 nitrogen and oxygen atoms in total. The number of halogens is 5. The molecule has 11 heteroatoms. The van der Waals surface area contributed by atoms with E-state index >= 15 is 8.78 Å². The Hall–Kier alpha value is -4.67. The molecule has 0 N–H and O–H groups in total. The highest BCUT2D eigenvalue weighted by molar-refractivity contribution is 6.22. The predicted molar refractivity (Wildman–Crippen MR) is 146 cm³/mol. The number of carbonyl (C=O) groups is 2. The summed E-state index contributed by atoms with van der Waals surface area (Å²) in [5.41, 5.74) is -0.707. The van der Waals surface area contributed by atoms with Crippen LogP contribution in [0.1, 0.15) is 48.1 Å². The van der Waals surface area contributed by atoms with E-state index in [4.69, 9.17) is 4.74 Å². The Bertz CT molecular complexity index is 1700. The Morgan fingerprint density at radius 3 is 2.35 bits per heavy atom. The molecule has 3 aliphatic rings. The van der Waals surface area contributed by atoms with Crippen molar-refractivity contribution in [3.8, 4) is 5.75 Å². The number of amides is 2. The number of fused-ring (bicyclic) bond motifs is 2.